The molecular formula is C5H10I2O2. The molecule has 0 aliphatic rings. The lowest BCUT2D eigenvalue weighted by Crippen LogP contribution is -2.30. The summed E-state index contributed by atoms with van der Waals surface area (Å²) < 4.78 is -1.60. The first kappa shape index (κ1) is 10.4. The molecule has 0 rings (SSSR count). The first-order chi connectivity index (χ1) is 3.98. The van der Waals surface area contributed by atoms with Crippen molar-refractivity contribution < 1.29 is 10.2 Å². The number of rotatable bonds is 3. The van der Waals surface area contributed by atoms with Gasteiger partial charge >= 0.3 is 0 Å². The summed E-state index contributed by atoms with van der Waals surface area (Å²) in [6.45, 7) is 2.02. The quantitative estimate of drug-likeness (QED) is 0.459. The highest BCUT2D eigenvalue weighted by Gasteiger charge is 2.27. The Balaban J connectivity index is 3.59. The van der Waals surface area contributed by atoms with E-state index in [-0.39, 0.29) is 3.92 Å². The highest BCUT2D eigenvalue weighted by atomic mass is 127. The maximum atomic E-state index is 8.95. The van der Waals surface area contributed by atoms with Gasteiger partial charge in [0, 0.05) is 0 Å². The van der Waals surface area contributed by atoms with Crippen LogP contribution in [0, 0.1) is 0 Å². The van der Waals surface area contributed by atoms with E-state index in [4.69, 9.17) is 10.2 Å². The maximum absolute atomic E-state index is 8.95. The summed E-state index contributed by atoms with van der Waals surface area (Å²) in [6.07, 6.45) is 1.83. The van der Waals surface area contributed by atoms with Gasteiger partial charge in [-0.1, -0.05) is 35.9 Å². The molecule has 0 saturated carbocycles. The summed E-state index contributed by atoms with van der Waals surface area (Å²) >= 11 is 3.67. The molecule has 9 heavy (non-hydrogen) atoms. The largest absolute Gasteiger partial charge is 0.357 e. The fourth-order valence-corrected chi connectivity index (χ4v) is 1.37. The number of halogens is 2. The lowest BCUT2D eigenvalue weighted by atomic mass is 10.2. The minimum atomic E-state index is -1.53. The number of hydrogen-bond donors (Lipinski definition) is 2. The number of aliphatic hydroxyl groups is 2. The van der Waals surface area contributed by atoms with Gasteiger partial charge in [-0.15, -0.1) is 0 Å². The molecule has 0 aromatic heterocycles. The summed E-state index contributed by atoms with van der Waals surface area (Å²) in [5, 5.41) is 17.9. The first-order valence-electron chi connectivity index (χ1n) is 2.76. The summed E-state index contributed by atoms with van der Waals surface area (Å²) in [6, 6.07) is 0. The standard InChI is InChI=1S/C5H10I2O2/c1-2-3-4(6)5(7,8)9/h4,8-9H,2-3H2,1H3. The predicted molar refractivity (Wildman–Crippen MR) is 53.9 cm³/mol. The van der Waals surface area contributed by atoms with Crippen molar-refractivity contribution in [2.45, 2.75) is 27.5 Å². The fraction of sp³-hybridized carbons (Fsp3) is 1.00. The molecule has 2 nitrogen and oxygen atoms in total. The van der Waals surface area contributed by atoms with E-state index in [0.29, 0.717) is 0 Å². The van der Waals surface area contributed by atoms with Crippen LogP contribution in [-0.2, 0) is 0 Å². The van der Waals surface area contributed by atoms with Crippen molar-refractivity contribution in [3.05, 3.63) is 0 Å². The molecule has 1 atom stereocenters. The van der Waals surface area contributed by atoms with Gasteiger partial charge in [0.25, 0.3) is 0 Å². The molecule has 0 aromatic rings. The highest BCUT2D eigenvalue weighted by molar-refractivity contribution is 14.1. The molecule has 0 bridgehead atoms. The number of alkyl halides is 2. The van der Waals surface area contributed by atoms with Gasteiger partial charge in [0.1, 0.15) is 0 Å². The van der Waals surface area contributed by atoms with E-state index in [9.17, 15) is 0 Å². The van der Waals surface area contributed by atoms with Gasteiger partial charge in [-0.05, 0) is 29.0 Å². The SMILES string of the molecule is CCCC(I)C(O)(O)I. The molecule has 0 amide bonds. The summed E-state index contributed by atoms with van der Waals surface area (Å²) in [5.41, 5.74) is 0. The second-order valence-electron chi connectivity index (χ2n) is 1.89. The molecule has 0 saturated heterocycles. The van der Waals surface area contributed by atoms with Crippen LogP contribution in [-0.4, -0.2) is 17.9 Å². The molecule has 0 aromatic carbocycles. The lowest BCUT2D eigenvalue weighted by molar-refractivity contribution is -0.0558. The molecule has 0 spiro atoms. The Kier molecular flexibility index (Phi) is 4.96. The van der Waals surface area contributed by atoms with Crippen LogP contribution in [0.25, 0.3) is 0 Å². The summed E-state index contributed by atoms with van der Waals surface area (Å²) in [4.78, 5) is 0. The molecule has 1 unspecified atom stereocenters. The third-order valence-electron chi connectivity index (χ3n) is 0.941. The van der Waals surface area contributed by atoms with Crippen LogP contribution in [0.5, 0.6) is 0 Å². The molecule has 0 aliphatic carbocycles. The van der Waals surface area contributed by atoms with Crippen LogP contribution in [0.4, 0.5) is 0 Å². The normalized spacial score (nSPS) is 15.7. The van der Waals surface area contributed by atoms with Crippen molar-refractivity contribution >= 4 is 45.2 Å². The zero-order valence-electron chi connectivity index (χ0n) is 5.14. The van der Waals surface area contributed by atoms with E-state index in [0.717, 1.165) is 12.8 Å². The molecule has 0 fully saturated rings. The topological polar surface area (TPSA) is 40.5 Å². The van der Waals surface area contributed by atoms with Gasteiger partial charge in [0.05, 0.1) is 3.92 Å². The monoisotopic (exact) mass is 356 g/mol. The molecule has 0 heterocycles. The van der Waals surface area contributed by atoms with Crippen LogP contribution in [0.1, 0.15) is 19.8 Å². The maximum Gasteiger partial charge on any atom is 0.228 e. The Bertz CT molecular complexity index is 79.5. The average Bonchev–Trinajstić information content (AvgIpc) is 1.64. The van der Waals surface area contributed by atoms with Gasteiger partial charge in [-0.2, -0.15) is 0 Å². The van der Waals surface area contributed by atoms with Gasteiger partial charge < -0.3 is 10.2 Å². The van der Waals surface area contributed by atoms with Crippen LogP contribution in [0.3, 0.4) is 0 Å². The third-order valence-corrected chi connectivity index (χ3v) is 4.38. The minimum absolute atomic E-state index is 0.0688. The van der Waals surface area contributed by atoms with Crippen molar-refractivity contribution in [1.82, 2.24) is 0 Å². The predicted octanol–water partition coefficient (Wildman–Crippen LogP) is 1.66. The summed E-state index contributed by atoms with van der Waals surface area (Å²) in [5.74, 6) is 0. The van der Waals surface area contributed by atoms with Crippen LogP contribution < -0.4 is 0 Å². The van der Waals surface area contributed by atoms with Crippen molar-refractivity contribution in [2.24, 2.45) is 0 Å². The second kappa shape index (κ2) is 4.30. The van der Waals surface area contributed by atoms with Gasteiger partial charge in [-0.25, -0.2) is 0 Å². The number of hydrogen-bond acceptors (Lipinski definition) is 2. The fourth-order valence-electron chi connectivity index (χ4n) is 0.437. The summed E-state index contributed by atoms with van der Waals surface area (Å²) in [7, 11) is 0. The van der Waals surface area contributed by atoms with Crippen molar-refractivity contribution in [3.63, 3.8) is 0 Å². The first-order valence-corrected chi connectivity index (χ1v) is 5.08. The second-order valence-corrected chi connectivity index (χ2v) is 4.98. The Morgan fingerprint density at radius 1 is 1.56 bits per heavy atom. The van der Waals surface area contributed by atoms with E-state index in [1.165, 1.54) is 0 Å². The molecule has 2 N–H and O–H groups in total. The van der Waals surface area contributed by atoms with Gasteiger partial charge in [0.15, 0.2) is 0 Å². The van der Waals surface area contributed by atoms with E-state index >= 15 is 0 Å². The zero-order valence-corrected chi connectivity index (χ0v) is 9.46. The smallest absolute Gasteiger partial charge is 0.228 e. The molecule has 56 valence electrons. The van der Waals surface area contributed by atoms with E-state index < -0.39 is 3.79 Å². The molecule has 0 aliphatic heterocycles. The van der Waals surface area contributed by atoms with Crippen LogP contribution in [0.2, 0.25) is 0 Å². The van der Waals surface area contributed by atoms with E-state index in [1.807, 2.05) is 29.5 Å². The Morgan fingerprint density at radius 2 is 2.00 bits per heavy atom. The van der Waals surface area contributed by atoms with E-state index in [2.05, 4.69) is 0 Å². The van der Waals surface area contributed by atoms with Crippen molar-refractivity contribution in [2.75, 3.05) is 0 Å². The van der Waals surface area contributed by atoms with Crippen LogP contribution >= 0.6 is 45.2 Å². The third kappa shape index (κ3) is 4.74. The zero-order chi connectivity index (χ0) is 7.49. The minimum Gasteiger partial charge on any atom is -0.357 e. The van der Waals surface area contributed by atoms with Crippen molar-refractivity contribution in [1.29, 1.82) is 0 Å². The van der Waals surface area contributed by atoms with Crippen LogP contribution in [0.15, 0.2) is 0 Å². The Morgan fingerprint density at radius 3 is 2.11 bits per heavy atom. The lowest BCUT2D eigenvalue weighted by Gasteiger charge is -2.19. The average molecular weight is 356 g/mol. The molecule has 4 heteroatoms. The molecule has 0 radical (unpaired) electrons. The Hall–Kier alpha value is 1.38. The highest BCUT2D eigenvalue weighted by Crippen LogP contribution is 2.26. The molecular weight excluding hydrogens is 346 g/mol. The van der Waals surface area contributed by atoms with Gasteiger partial charge in [0.2, 0.25) is 3.79 Å². The van der Waals surface area contributed by atoms with E-state index in [1.54, 1.807) is 22.6 Å². The Labute approximate surface area is 82.3 Å². The van der Waals surface area contributed by atoms with Crippen molar-refractivity contribution in [3.8, 4) is 0 Å². The van der Waals surface area contributed by atoms with Gasteiger partial charge in [-0.3, -0.25) is 0 Å².